The summed E-state index contributed by atoms with van der Waals surface area (Å²) in [7, 11) is 1.62. The Morgan fingerprint density at radius 3 is 2.71 bits per heavy atom. The monoisotopic (exact) mass is 647 g/mol. The Labute approximate surface area is 282 Å². The molecule has 4 atom stereocenters. The minimum absolute atomic E-state index is 0.0572. The van der Waals surface area contributed by atoms with Crippen LogP contribution in [0, 0.1) is 31.1 Å². The summed E-state index contributed by atoms with van der Waals surface area (Å²) in [6, 6.07) is 10.0. The summed E-state index contributed by atoms with van der Waals surface area (Å²) in [5.41, 5.74) is 8.14. The lowest BCUT2D eigenvalue weighted by Crippen LogP contribution is -2.42. The second-order valence-corrected chi connectivity index (χ2v) is 14.3. The van der Waals surface area contributed by atoms with E-state index in [1.54, 1.807) is 7.11 Å². The molecule has 1 aromatic carbocycles. The summed E-state index contributed by atoms with van der Waals surface area (Å²) in [6.45, 7) is 6.06. The molecule has 7 rings (SSSR count). The molecule has 8 heteroatoms. The number of aromatic nitrogens is 2. The number of hydrogen-bond donors (Lipinski definition) is 2. The fraction of sp³-hybridized carbons (Fsp3) is 0.450. The molecular formula is C40H45N3O5. The molecule has 0 saturated heterocycles. The van der Waals surface area contributed by atoms with Crippen molar-refractivity contribution in [3.8, 4) is 5.75 Å². The standard InChI is InChI=1S/C40H45N3O5/c1-23-32(21-34-36(47-4)22-33(43-34)31-8-7-19-41-31)42-24(2)39(23)35(44)9-5-6-10-38(46)48-26-12-14-27-25(20-26)11-13-29-28(27)17-18-40(3)30(29)15-16-37(40)45/h7-8,12,14,19-22,28-30,41-42H,5-6,9-11,13,15-18H2,1-4H3/b34-21-/t28-,29-,30+,40+/m1/s1. The second kappa shape index (κ2) is 12.9. The van der Waals surface area contributed by atoms with Gasteiger partial charge in [-0.05, 0) is 124 Å². The molecular weight excluding hydrogens is 602 g/mol. The van der Waals surface area contributed by atoms with E-state index in [1.807, 2.05) is 56.5 Å². The molecule has 2 saturated carbocycles. The Hall–Kier alpha value is -4.46. The fourth-order valence-electron chi connectivity index (χ4n) is 9.04. The predicted octanol–water partition coefficient (Wildman–Crippen LogP) is 8.11. The maximum atomic E-state index is 13.3. The van der Waals surface area contributed by atoms with Crippen molar-refractivity contribution in [1.82, 2.24) is 9.97 Å². The molecule has 0 spiro atoms. The molecule has 0 radical (unpaired) electrons. The van der Waals surface area contributed by atoms with Crippen molar-refractivity contribution in [3.05, 3.63) is 93.4 Å². The molecule has 2 N–H and O–H groups in total. The molecule has 2 fully saturated rings. The Bertz CT molecular complexity index is 1860. The number of nitrogens with zero attached hydrogens (tertiary/aromatic N) is 1. The number of fused-ring (bicyclic) bond motifs is 5. The first kappa shape index (κ1) is 32.1. The lowest BCUT2D eigenvalue weighted by atomic mass is 9.55. The number of ether oxygens (including phenoxy) is 2. The maximum Gasteiger partial charge on any atom is 0.311 e. The van der Waals surface area contributed by atoms with Crippen molar-refractivity contribution in [3.63, 3.8) is 0 Å². The zero-order valence-electron chi connectivity index (χ0n) is 28.4. The minimum Gasteiger partial charge on any atom is -0.494 e. The highest BCUT2D eigenvalue weighted by Crippen LogP contribution is 2.59. The predicted molar refractivity (Wildman–Crippen MR) is 185 cm³/mol. The Kier molecular flexibility index (Phi) is 8.60. The summed E-state index contributed by atoms with van der Waals surface area (Å²) in [6.07, 6.45) is 13.4. The lowest BCUT2D eigenvalue weighted by molar-refractivity contribution is -0.134. The van der Waals surface area contributed by atoms with Crippen LogP contribution in [0.25, 0.3) is 6.08 Å². The number of ketones is 2. The van der Waals surface area contributed by atoms with Crippen molar-refractivity contribution in [1.29, 1.82) is 0 Å². The van der Waals surface area contributed by atoms with E-state index >= 15 is 0 Å². The number of unbranched alkanes of at least 4 members (excludes halogenated alkanes) is 1. The van der Waals surface area contributed by atoms with Crippen LogP contribution in [0.3, 0.4) is 0 Å². The van der Waals surface area contributed by atoms with Gasteiger partial charge in [-0.2, -0.15) is 0 Å². The number of benzene rings is 1. The molecule has 0 amide bonds. The van der Waals surface area contributed by atoms with Gasteiger partial charge in [0.05, 0.1) is 18.5 Å². The first-order valence-corrected chi connectivity index (χ1v) is 17.5. The third kappa shape index (κ3) is 5.80. The lowest BCUT2D eigenvalue weighted by Gasteiger charge is -2.48. The molecule has 0 bridgehead atoms. The van der Waals surface area contributed by atoms with Crippen molar-refractivity contribution >= 4 is 29.3 Å². The van der Waals surface area contributed by atoms with Gasteiger partial charge in [0, 0.05) is 53.9 Å². The highest BCUT2D eigenvalue weighted by atomic mass is 16.5. The number of nitrogens with one attached hydrogen (secondary N) is 2. The van der Waals surface area contributed by atoms with Crippen LogP contribution in [0.5, 0.6) is 5.75 Å². The third-order valence-electron chi connectivity index (χ3n) is 11.6. The van der Waals surface area contributed by atoms with Crippen molar-refractivity contribution < 1.29 is 23.9 Å². The number of carbonyl (C=O) groups is 3. The summed E-state index contributed by atoms with van der Waals surface area (Å²) < 4.78 is 11.3. The molecule has 8 nitrogen and oxygen atoms in total. The van der Waals surface area contributed by atoms with Crippen LogP contribution in [-0.2, 0) is 20.7 Å². The largest absolute Gasteiger partial charge is 0.494 e. The van der Waals surface area contributed by atoms with Crippen LogP contribution >= 0.6 is 0 Å². The van der Waals surface area contributed by atoms with Gasteiger partial charge in [0.2, 0.25) is 0 Å². The number of aryl methyl sites for hydroxylation is 2. The van der Waals surface area contributed by atoms with Gasteiger partial charge in [0.15, 0.2) is 5.78 Å². The Morgan fingerprint density at radius 2 is 1.92 bits per heavy atom. The van der Waals surface area contributed by atoms with E-state index in [1.165, 1.54) is 11.1 Å². The van der Waals surface area contributed by atoms with Crippen LogP contribution in [0.2, 0.25) is 0 Å². The summed E-state index contributed by atoms with van der Waals surface area (Å²) in [5.74, 6) is 3.10. The zero-order valence-corrected chi connectivity index (χ0v) is 28.4. The minimum atomic E-state index is -0.269. The SMILES string of the molecule is COC1=CC(c2ccc[nH]2)=N/C1=C\c1[nH]c(C)c(C(=O)CCCCC(=O)Oc2ccc3c(c2)CC[C@@H]2[C@@H]3CC[C@]3(C)C(=O)CC[C@@H]23)c1C. The number of H-pyrrole nitrogens is 2. The Morgan fingerprint density at radius 1 is 1.08 bits per heavy atom. The average molecular weight is 648 g/mol. The second-order valence-electron chi connectivity index (χ2n) is 14.3. The van der Waals surface area contributed by atoms with Gasteiger partial charge < -0.3 is 19.4 Å². The number of esters is 1. The van der Waals surface area contributed by atoms with Gasteiger partial charge >= 0.3 is 5.97 Å². The van der Waals surface area contributed by atoms with Crippen LogP contribution in [0.15, 0.2) is 59.1 Å². The normalized spacial score (nSPS) is 25.3. The zero-order chi connectivity index (χ0) is 33.6. The Balaban J connectivity index is 0.919. The molecule has 250 valence electrons. The number of Topliss-reactive ketones (excluding diaryl/α,β-unsaturated/α-hetero) is 2. The van der Waals surface area contributed by atoms with E-state index in [-0.39, 0.29) is 23.6 Å². The van der Waals surface area contributed by atoms with E-state index in [2.05, 4.69) is 23.0 Å². The van der Waals surface area contributed by atoms with Gasteiger partial charge in [-0.3, -0.25) is 14.4 Å². The van der Waals surface area contributed by atoms with Gasteiger partial charge in [-0.1, -0.05) is 13.0 Å². The van der Waals surface area contributed by atoms with E-state index < -0.39 is 0 Å². The fourth-order valence-corrected chi connectivity index (χ4v) is 9.04. The maximum absolute atomic E-state index is 13.3. The van der Waals surface area contributed by atoms with Crippen LogP contribution in [0.1, 0.15) is 115 Å². The average Bonchev–Trinajstić information content (AvgIpc) is 3.86. The van der Waals surface area contributed by atoms with Crippen LogP contribution in [-0.4, -0.2) is 40.3 Å². The molecule has 3 heterocycles. The van der Waals surface area contributed by atoms with Crippen molar-refractivity contribution in [2.24, 2.45) is 22.2 Å². The summed E-state index contributed by atoms with van der Waals surface area (Å²) >= 11 is 0. The van der Waals surface area contributed by atoms with Crippen LogP contribution in [0.4, 0.5) is 0 Å². The quantitative estimate of drug-likeness (QED) is 0.0999. The van der Waals surface area contributed by atoms with E-state index in [0.29, 0.717) is 65.6 Å². The van der Waals surface area contributed by atoms with Gasteiger partial charge in [0.25, 0.3) is 0 Å². The summed E-state index contributed by atoms with van der Waals surface area (Å²) in [4.78, 5) is 50.0. The summed E-state index contributed by atoms with van der Waals surface area (Å²) in [5, 5.41) is 0. The molecule has 4 aliphatic rings. The number of methoxy groups -OCH3 is 1. The van der Waals surface area contributed by atoms with E-state index in [4.69, 9.17) is 14.5 Å². The highest BCUT2D eigenvalue weighted by Gasteiger charge is 2.54. The molecule has 48 heavy (non-hydrogen) atoms. The molecule has 2 aromatic heterocycles. The molecule has 3 aliphatic carbocycles. The van der Waals surface area contributed by atoms with E-state index in [0.717, 1.165) is 66.9 Å². The number of aliphatic imine (C=N–C) groups is 1. The van der Waals surface area contributed by atoms with Gasteiger partial charge in [-0.25, -0.2) is 4.99 Å². The first-order chi connectivity index (χ1) is 23.2. The van der Waals surface area contributed by atoms with E-state index in [9.17, 15) is 14.4 Å². The number of carbonyl (C=O) groups excluding carboxylic acids is 3. The van der Waals surface area contributed by atoms with Crippen molar-refractivity contribution in [2.75, 3.05) is 7.11 Å². The molecule has 1 aliphatic heterocycles. The van der Waals surface area contributed by atoms with Gasteiger partial charge in [0.1, 0.15) is 23.0 Å². The van der Waals surface area contributed by atoms with Crippen molar-refractivity contribution in [2.45, 2.75) is 90.9 Å². The topological polar surface area (TPSA) is 114 Å². The van der Waals surface area contributed by atoms with Gasteiger partial charge in [-0.15, -0.1) is 0 Å². The van der Waals surface area contributed by atoms with Crippen LogP contribution < -0.4 is 4.74 Å². The molecule has 0 unspecified atom stereocenters. The number of hydrogen-bond acceptors (Lipinski definition) is 6. The third-order valence-corrected chi connectivity index (χ3v) is 11.6. The molecule has 3 aromatic rings. The smallest absolute Gasteiger partial charge is 0.311 e. The number of aromatic amines is 2. The first-order valence-electron chi connectivity index (χ1n) is 17.5. The number of allylic oxidation sites excluding steroid dienone is 1. The number of rotatable bonds is 10. The highest BCUT2D eigenvalue weighted by molar-refractivity contribution is 6.11.